The summed E-state index contributed by atoms with van der Waals surface area (Å²) in [5.74, 6) is -0.868. The molecule has 3 rings (SSSR count). The Morgan fingerprint density at radius 1 is 1.46 bits per heavy atom. The molecule has 1 aliphatic rings. The predicted molar refractivity (Wildman–Crippen MR) is 94.5 cm³/mol. The fourth-order valence-corrected chi connectivity index (χ4v) is 3.38. The lowest BCUT2D eigenvalue weighted by atomic mass is 10.1. The number of rotatable bonds is 6. The SMILES string of the molecule is COC(=O)c1csc(CN(C(=O)c2ccc(Cl)c([N+](=O)[O-])c2)C2CC2)n1. The second-order valence-electron chi connectivity index (χ2n) is 5.71. The maximum atomic E-state index is 12.9. The minimum Gasteiger partial charge on any atom is -0.464 e. The number of benzene rings is 1. The third kappa shape index (κ3) is 3.83. The molecule has 0 atom stereocenters. The molecule has 1 aromatic carbocycles. The molecule has 0 radical (unpaired) electrons. The quantitative estimate of drug-likeness (QED) is 0.422. The van der Waals surface area contributed by atoms with E-state index in [1.54, 1.807) is 10.3 Å². The van der Waals surface area contributed by atoms with Crippen LogP contribution in [0, 0.1) is 10.1 Å². The number of methoxy groups -OCH3 is 1. The lowest BCUT2D eigenvalue weighted by Gasteiger charge is -2.21. The number of ether oxygens (including phenoxy) is 1. The van der Waals surface area contributed by atoms with Crippen LogP contribution in [0.3, 0.4) is 0 Å². The zero-order valence-electron chi connectivity index (χ0n) is 13.7. The average Bonchev–Trinajstić information content (AvgIpc) is 3.36. The largest absolute Gasteiger partial charge is 0.464 e. The molecule has 1 saturated carbocycles. The van der Waals surface area contributed by atoms with E-state index in [4.69, 9.17) is 11.6 Å². The van der Waals surface area contributed by atoms with Crippen LogP contribution >= 0.6 is 22.9 Å². The van der Waals surface area contributed by atoms with Crippen molar-refractivity contribution in [2.45, 2.75) is 25.4 Å². The molecule has 0 N–H and O–H groups in total. The van der Waals surface area contributed by atoms with Crippen molar-refractivity contribution in [3.63, 3.8) is 0 Å². The van der Waals surface area contributed by atoms with Gasteiger partial charge in [-0.1, -0.05) is 11.6 Å². The number of carbonyl (C=O) groups excluding carboxylic acids is 2. The molecular weight excluding hydrogens is 382 g/mol. The van der Waals surface area contributed by atoms with Crippen LogP contribution in [0.15, 0.2) is 23.6 Å². The number of hydrogen-bond donors (Lipinski definition) is 0. The van der Waals surface area contributed by atoms with E-state index in [1.165, 1.54) is 36.6 Å². The topological polar surface area (TPSA) is 103 Å². The molecule has 10 heteroatoms. The lowest BCUT2D eigenvalue weighted by Crippen LogP contribution is -2.32. The Balaban J connectivity index is 1.83. The Bertz CT molecular complexity index is 881. The molecule has 136 valence electrons. The number of aromatic nitrogens is 1. The zero-order valence-corrected chi connectivity index (χ0v) is 15.2. The van der Waals surface area contributed by atoms with Gasteiger partial charge in [0.2, 0.25) is 0 Å². The highest BCUT2D eigenvalue weighted by molar-refractivity contribution is 7.09. The van der Waals surface area contributed by atoms with Gasteiger partial charge in [0.1, 0.15) is 10.0 Å². The van der Waals surface area contributed by atoms with Crippen molar-refractivity contribution < 1.29 is 19.2 Å². The summed E-state index contributed by atoms with van der Waals surface area (Å²) < 4.78 is 4.63. The van der Waals surface area contributed by atoms with Gasteiger partial charge in [0.05, 0.1) is 18.6 Å². The first-order valence-corrected chi connectivity index (χ1v) is 8.94. The van der Waals surface area contributed by atoms with Gasteiger partial charge in [0.15, 0.2) is 5.69 Å². The van der Waals surface area contributed by atoms with Gasteiger partial charge in [-0.05, 0) is 25.0 Å². The summed E-state index contributed by atoms with van der Waals surface area (Å²) in [6.45, 7) is 0.224. The Labute approximate surface area is 157 Å². The summed E-state index contributed by atoms with van der Waals surface area (Å²) in [6.07, 6.45) is 1.72. The van der Waals surface area contributed by atoms with Gasteiger partial charge in [-0.25, -0.2) is 9.78 Å². The summed E-state index contributed by atoms with van der Waals surface area (Å²) in [4.78, 5) is 40.6. The molecule has 26 heavy (non-hydrogen) atoms. The number of nitro groups is 1. The second kappa shape index (κ2) is 7.38. The Morgan fingerprint density at radius 3 is 2.81 bits per heavy atom. The molecule has 1 aliphatic carbocycles. The molecule has 2 aromatic rings. The molecule has 0 bridgehead atoms. The molecule has 1 aromatic heterocycles. The maximum absolute atomic E-state index is 12.9. The highest BCUT2D eigenvalue weighted by Gasteiger charge is 2.34. The fourth-order valence-electron chi connectivity index (χ4n) is 2.43. The lowest BCUT2D eigenvalue weighted by molar-refractivity contribution is -0.384. The molecule has 1 fully saturated rings. The first-order valence-electron chi connectivity index (χ1n) is 7.68. The van der Waals surface area contributed by atoms with Crippen LogP contribution in [0.4, 0.5) is 5.69 Å². The Morgan fingerprint density at radius 2 is 2.19 bits per heavy atom. The van der Waals surface area contributed by atoms with E-state index in [1.807, 2.05) is 0 Å². The van der Waals surface area contributed by atoms with Crippen LogP contribution in [0.2, 0.25) is 5.02 Å². The van der Waals surface area contributed by atoms with Gasteiger partial charge in [-0.3, -0.25) is 14.9 Å². The van der Waals surface area contributed by atoms with Crippen molar-refractivity contribution in [3.05, 3.63) is 55.0 Å². The van der Waals surface area contributed by atoms with Crippen LogP contribution in [-0.4, -0.2) is 39.8 Å². The van der Waals surface area contributed by atoms with Crippen molar-refractivity contribution in [3.8, 4) is 0 Å². The minimum absolute atomic E-state index is 0.0211. The maximum Gasteiger partial charge on any atom is 0.357 e. The summed E-state index contributed by atoms with van der Waals surface area (Å²) >= 11 is 7.06. The standard InChI is InChI=1S/C16H14ClN3O5S/c1-25-16(22)12-8-26-14(18-12)7-19(10-3-4-10)15(21)9-2-5-11(17)13(6-9)20(23)24/h2,5-6,8,10H,3-4,7H2,1H3. The summed E-state index contributed by atoms with van der Waals surface area (Å²) in [7, 11) is 1.27. The molecule has 1 heterocycles. The highest BCUT2D eigenvalue weighted by Crippen LogP contribution is 2.32. The van der Waals surface area contributed by atoms with Crippen molar-refractivity contribution in [1.29, 1.82) is 0 Å². The molecule has 1 amide bonds. The first-order chi connectivity index (χ1) is 12.4. The number of esters is 1. The zero-order chi connectivity index (χ0) is 18.8. The number of halogens is 1. The van der Waals surface area contributed by atoms with Crippen LogP contribution in [0.25, 0.3) is 0 Å². The van der Waals surface area contributed by atoms with Crippen molar-refractivity contribution in [1.82, 2.24) is 9.88 Å². The van der Waals surface area contributed by atoms with E-state index < -0.39 is 10.9 Å². The number of carbonyl (C=O) groups is 2. The van der Waals surface area contributed by atoms with Crippen molar-refractivity contribution >= 4 is 40.5 Å². The molecule has 0 spiro atoms. The summed E-state index contributed by atoms with van der Waals surface area (Å²) in [6, 6.07) is 4.05. The fraction of sp³-hybridized carbons (Fsp3) is 0.312. The van der Waals surface area contributed by atoms with Crippen molar-refractivity contribution in [2.24, 2.45) is 0 Å². The third-order valence-electron chi connectivity index (χ3n) is 3.89. The summed E-state index contributed by atoms with van der Waals surface area (Å²) in [5, 5.41) is 13.2. The van der Waals surface area contributed by atoms with Crippen LogP contribution in [-0.2, 0) is 11.3 Å². The molecule has 0 saturated heterocycles. The predicted octanol–water partition coefficient (Wildman–Crippen LogP) is 3.30. The number of nitro benzene ring substituents is 1. The smallest absolute Gasteiger partial charge is 0.357 e. The minimum atomic E-state index is -0.621. The highest BCUT2D eigenvalue weighted by atomic mass is 35.5. The summed E-state index contributed by atoms with van der Waals surface area (Å²) in [5.41, 5.74) is 0.0751. The van der Waals surface area contributed by atoms with E-state index >= 15 is 0 Å². The van der Waals surface area contributed by atoms with Crippen LogP contribution in [0.1, 0.15) is 38.7 Å². The van der Waals surface area contributed by atoms with Gasteiger partial charge in [-0.2, -0.15) is 0 Å². The van der Waals surface area contributed by atoms with E-state index in [9.17, 15) is 19.7 Å². The molecule has 0 unspecified atom stereocenters. The van der Waals surface area contributed by atoms with Gasteiger partial charge >= 0.3 is 5.97 Å². The number of amides is 1. The van der Waals surface area contributed by atoms with E-state index in [0.29, 0.717) is 5.01 Å². The number of hydrogen-bond acceptors (Lipinski definition) is 7. The number of thiazole rings is 1. The van der Waals surface area contributed by atoms with Crippen LogP contribution in [0.5, 0.6) is 0 Å². The van der Waals surface area contributed by atoms with E-state index in [0.717, 1.165) is 12.8 Å². The van der Waals surface area contributed by atoms with Gasteiger partial charge in [0, 0.05) is 23.1 Å². The van der Waals surface area contributed by atoms with Gasteiger partial charge in [0.25, 0.3) is 11.6 Å². The average molecular weight is 396 g/mol. The second-order valence-corrected chi connectivity index (χ2v) is 7.06. The third-order valence-corrected chi connectivity index (χ3v) is 5.04. The normalized spacial score (nSPS) is 13.3. The Hall–Kier alpha value is -2.52. The molecule has 0 aliphatic heterocycles. The van der Waals surface area contributed by atoms with Gasteiger partial charge in [-0.15, -0.1) is 11.3 Å². The van der Waals surface area contributed by atoms with Gasteiger partial charge < -0.3 is 9.64 Å². The van der Waals surface area contributed by atoms with E-state index in [-0.39, 0.29) is 40.5 Å². The number of nitrogens with zero attached hydrogens (tertiary/aromatic N) is 3. The van der Waals surface area contributed by atoms with E-state index in [2.05, 4.69) is 9.72 Å². The molecule has 8 nitrogen and oxygen atoms in total. The molecular formula is C16H14ClN3O5S. The monoisotopic (exact) mass is 395 g/mol. The van der Waals surface area contributed by atoms with Crippen LogP contribution < -0.4 is 0 Å². The first kappa shape index (κ1) is 18.3. The Kier molecular flexibility index (Phi) is 5.19. The van der Waals surface area contributed by atoms with Crippen molar-refractivity contribution in [2.75, 3.05) is 7.11 Å².